The Balaban J connectivity index is 2.83. The van der Waals surface area contributed by atoms with Gasteiger partial charge >= 0.3 is 6.03 Å². The van der Waals surface area contributed by atoms with Gasteiger partial charge in [-0.25, -0.2) is 4.79 Å². The van der Waals surface area contributed by atoms with Gasteiger partial charge in [-0.2, -0.15) is 0 Å². The molecule has 0 aliphatic carbocycles. The molecule has 0 bridgehead atoms. The normalized spacial score (nSPS) is 12.1. The number of nitrogens with one attached hydrogen (secondary N) is 1. The Bertz CT molecular complexity index is 330. The number of urea groups is 1. The molecule has 76 valence electrons. The molecule has 1 unspecified atom stereocenters. The van der Waals surface area contributed by atoms with Crippen LogP contribution in [-0.2, 0) is 0 Å². The maximum atomic E-state index is 10.6. The first kappa shape index (κ1) is 10.8. The summed E-state index contributed by atoms with van der Waals surface area (Å²) in [5, 5.41) is 3.13. The molecule has 5 heteroatoms. The van der Waals surface area contributed by atoms with E-state index in [0.717, 1.165) is 5.56 Å². The zero-order chi connectivity index (χ0) is 10.6. The van der Waals surface area contributed by atoms with Gasteiger partial charge in [0.1, 0.15) is 0 Å². The number of benzene rings is 1. The number of nitrogens with two attached hydrogens (primary N) is 2. The first-order valence-electron chi connectivity index (χ1n) is 4.15. The average Bonchev–Trinajstić information content (AvgIpc) is 2.14. The molecular weight excluding hydrogens is 202 g/mol. The van der Waals surface area contributed by atoms with E-state index < -0.39 is 6.03 Å². The lowest BCUT2D eigenvalue weighted by molar-refractivity contribution is 0.245. The Hall–Kier alpha value is -1.26. The van der Waals surface area contributed by atoms with Crippen LogP contribution in [0.2, 0.25) is 5.02 Å². The van der Waals surface area contributed by atoms with E-state index in [0.29, 0.717) is 5.02 Å². The van der Waals surface area contributed by atoms with Crippen molar-refractivity contribution in [2.45, 2.75) is 6.04 Å². The van der Waals surface area contributed by atoms with Crippen molar-refractivity contribution in [1.29, 1.82) is 0 Å². The van der Waals surface area contributed by atoms with E-state index in [1.54, 1.807) is 18.2 Å². The van der Waals surface area contributed by atoms with Crippen molar-refractivity contribution in [1.82, 2.24) is 5.32 Å². The predicted molar refractivity (Wildman–Crippen MR) is 56.0 cm³/mol. The van der Waals surface area contributed by atoms with Crippen molar-refractivity contribution >= 4 is 17.6 Å². The molecule has 4 nitrogen and oxygen atoms in total. The molecule has 0 spiro atoms. The van der Waals surface area contributed by atoms with Crippen molar-refractivity contribution in [2.24, 2.45) is 11.5 Å². The molecular formula is C9H12ClN3O. The quantitative estimate of drug-likeness (QED) is 0.701. The molecule has 0 aliphatic heterocycles. The van der Waals surface area contributed by atoms with Crippen molar-refractivity contribution in [3.8, 4) is 0 Å². The standard InChI is InChI=1S/C9H12ClN3O/c10-7-3-1-2-6(4-7)8(5-11)13-9(12)14/h1-4,8H,5,11H2,(H3,12,13,14). The molecule has 1 aromatic carbocycles. The third-order valence-corrected chi connectivity index (χ3v) is 2.04. The molecule has 0 saturated carbocycles. The Morgan fingerprint density at radius 1 is 1.57 bits per heavy atom. The number of hydrogen-bond donors (Lipinski definition) is 3. The minimum atomic E-state index is -0.597. The molecule has 2 amide bonds. The van der Waals surface area contributed by atoms with Gasteiger partial charge in [-0.3, -0.25) is 0 Å². The fourth-order valence-electron chi connectivity index (χ4n) is 1.17. The zero-order valence-corrected chi connectivity index (χ0v) is 8.29. The van der Waals surface area contributed by atoms with Crippen LogP contribution in [0.5, 0.6) is 0 Å². The highest BCUT2D eigenvalue weighted by molar-refractivity contribution is 6.30. The van der Waals surface area contributed by atoms with Crippen molar-refractivity contribution in [2.75, 3.05) is 6.54 Å². The van der Waals surface area contributed by atoms with Crippen molar-refractivity contribution < 1.29 is 4.79 Å². The molecule has 1 rings (SSSR count). The Labute approximate surface area is 87.2 Å². The van der Waals surface area contributed by atoms with Gasteiger partial charge in [0, 0.05) is 11.6 Å². The van der Waals surface area contributed by atoms with Gasteiger partial charge in [-0.05, 0) is 17.7 Å². The average molecular weight is 214 g/mol. The number of carbonyl (C=O) groups excluding carboxylic acids is 1. The predicted octanol–water partition coefficient (Wildman–Crippen LogP) is 1.01. The second-order valence-corrected chi connectivity index (χ2v) is 3.29. The lowest BCUT2D eigenvalue weighted by Crippen LogP contribution is -2.36. The molecule has 1 aromatic rings. The molecule has 0 radical (unpaired) electrons. The van der Waals surface area contributed by atoms with Crippen molar-refractivity contribution in [3.05, 3.63) is 34.9 Å². The van der Waals surface area contributed by atoms with E-state index in [1.165, 1.54) is 0 Å². The highest BCUT2D eigenvalue weighted by atomic mass is 35.5. The Kier molecular flexibility index (Phi) is 3.73. The summed E-state index contributed by atoms with van der Waals surface area (Å²) in [5.41, 5.74) is 11.3. The maximum absolute atomic E-state index is 10.6. The topological polar surface area (TPSA) is 81.1 Å². The summed E-state index contributed by atoms with van der Waals surface area (Å²) in [4.78, 5) is 10.6. The first-order chi connectivity index (χ1) is 6.63. The van der Waals surface area contributed by atoms with E-state index in [4.69, 9.17) is 23.1 Å². The molecule has 0 aromatic heterocycles. The monoisotopic (exact) mass is 213 g/mol. The van der Waals surface area contributed by atoms with Gasteiger partial charge in [0.15, 0.2) is 0 Å². The largest absolute Gasteiger partial charge is 0.352 e. The van der Waals surface area contributed by atoms with Crippen LogP contribution in [0, 0.1) is 0 Å². The molecule has 5 N–H and O–H groups in total. The van der Waals surface area contributed by atoms with Gasteiger partial charge in [0.2, 0.25) is 0 Å². The highest BCUT2D eigenvalue weighted by Gasteiger charge is 2.10. The number of amides is 2. The van der Waals surface area contributed by atoms with Gasteiger partial charge < -0.3 is 16.8 Å². The van der Waals surface area contributed by atoms with Gasteiger partial charge in [-0.15, -0.1) is 0 Å². The smallest absolute Gasteiger partial charge is 0.312 e. The summed E-state index contributed by atoms with van der Waals surface area (Å²) in [6, 6.07) is 6.24. The molecule has 14 heavy (non-hydrogen) atoms. The maximum Gasteiger partial charge on any atom is 0.312 e. The van der Waals surface area contributed by atoms with Crippen molar-refractivity contribution in [3.63, 3.8) is 0 Å². The summed E-state index contributed by atoms with van der Waals surface area (Å²) in [6.45, 7) is 0.281. The molecule has 0 heterocycles. The fraction of sp³-hybridized carbons (Fsp3) is 0.222. The van der Waals surface area contributed by atoms with Crippen LogP contribution in [0.4, 0.5) is 4.79 Å². The number of halogens is 1. The third-order valence-electron chi connectivity index (χ3n) is 1.80. The molecule has 0 fully saturated rings. The number of hydrogen-bond acceptors (Lipinski definition) is 2. The fourth-order valence-corrected chi connectivity index (χ4v) is 1.37. The van der Waals surface area contributed by atoms with Gasteiger partial charge in [0.05, 0.1) is 6.04 Å². The number of carbonyl (C=O) groups is 1. The van der Waals surface area contributed by atoms with Crippen LogP contribution < -0.4 is 16.8 Å². The van der Waals surface area contributed by atoms with E-state index >= 15 is 0 Å². The molecule has 0 aliphatic rings. The molecule has 0 saturated heterocycles. The second kappa shape index (κ2) is 4.83. The van der Waals surface area contributed by atoms with E-state index in [9.17, 15) is 4.79 Å². The summed E-state index contributed by atoms with van der Waals surface area (Å²) in [6.07, 6.45) is 0. The van der Waals surface area contributed by atoms with Crippen LogP contribution in [0.15, 0.2) is 24.3 Å². The van der Waals surface area contributed by atoms with Crippen LogP contribution >= 0.6 is 11.6 Å². The second-order valence-electron chi connectivity index (χ2n) is 2.85. The van der Waals surface area contributed by atoms with Crippen LogP contribution in [0.25, 0.3) is 0 Å². The Morgan fingerprint density at radius 3 is 2.79 bits per heavy atom. The molecule has 1 atom stereocenters. The highest BCUT2D eigenvalue weighted by Crippen LogP contribution is 2.16. The third kappa shape index (κ3) is 2.90. The first-order valence-corrected chi connectivity index (χ1v) is 4.52. The number of rotatable bonds is 3. The summed E-state index contributed by atoms with van der Waals surface area (Å²) in [5.74, 6) is 0. The van der Waals surface area contributed by atoms with Gasteiger partial charge in [-0.1, -0.05) is 23.7 Å². The lowest BCUT2D eigenvalue weighted by atomic mass is 10.1. The minimum Gasteiger partial charge on any atom is -0.352 e. The zero-order valence-electron chi connectivity index (χ0n) is 7.53. The van der Waals surface area contributed by atoms with Crippen LogP contribution in [0.3, 0.4) is 0 Å². The van der Waals surface area contributed by atoms with E-state index in [1.807, 2.05) is 6.07 Å². The van der Waals surface area contributed by atoms with E-state index in [2.05, 4.69) is 5.32 Å². The van der Waals surface area contributed by atoms with Crippen LogP contribution in [0.1, 0.15) is 11.6 Å². The summed E-state index contributed by atoms with van der Waals surface area (Å²) in [7, 11) is 0. The summed E-state index contributed by atoms with van der Waals surface area (Å²) < 4.78 is 0. The minimum absolute atomic E-state index is 0.281. The van der Waals surface area contributed by atoms with Gasteiger partial charge in [0.25, 0.3) is 0 Å². The number of primary amides is 1. The van der Waals surface area contributed by atoms with Crippen LogP contribution in [-0.4, -0.2) is 12.6 Å². The summed E-state index contributed by atoms with van der Waals surface area (Å²) >= 11 is 5.80. The SMILES string of the molecule is NCC(NC(N)=O)c1cccc(Cl)c1. The van der Waals surface area contributed by atoms with E-state index in [-0.39, 0.29) is 12.6 Å². The Morgan fingerprint density at radius 2 is 2.29 bits per heavy atom. The lowest BCUT2D eigenvalue weighted by Gasteiger charge is -2.15.